The maximum Gasteiger partial charge on any atom is 0.243 e. The van der Waals surface area contributed by atoms with E-state index in [-0.39, 0.29) is 35.9 Å². The van der Waals surface area contributed by atoms with Crippen LogP contribution in [0.15, 0.2) is 53.6 Å². The van der Waals surface area contributed by atoms with E-state index in [2.05, 4.69) is 10.3 Å². The molecule has 1 aromatic carbocycles. The molecule has 27 heavy (non-hydrogen) atoms. The van der Waals surface area contributed by atoms with Crippen LogP contribution in [0.1, 0.15) is 31.5 Å². The van der Waals surface area contributed by atoms with Crippen LogP contribution in [0.3, 0.4) is 0 Å². The van der Waals surface area contributed by atoms with Crippen molar-refractivity contribution >= 4 is 15.9 Å². The number of rotatable bonds is 5. The molecule has 144 valence electrons. The quantitative estimate of drug-likeness (QED) is 0.849. The van der Waals surface area contributed by atoms with Gasteiger partial charge in [0.15, 0.2) is 0 Å². The molecule has 0 aliphatic carbocycles. The van der Waals surface area contributed by atoms with E-state index in [4.69, 9.17) is 0 Å². The van der Waals surface area contributed by atoms with E-state index in [1.54, 1.807) is 6.20 Å². The average Bonchev–Trinajstić information content (AvgIpc) is 2.69. The van der Waals surface area contributed by atoms with Gasteiger partial charge in [-0.1, -0.05) is 6.07 Å². The molecule has 1 fully saturated rings. The van der Waals surface area contributed by atoms with Crippen molar-refractivity contribution in [3.63, 3.8) is 0 Å². The fourth-order valence-electron chi connectivity index (χ4n) is 3.15. The third-order valence-electron chi connectivity index (χ3n) is 4.77. The molecule has 3 rings (SSSR count). The number of benzene rings is 1. The summed E-state index contributed by atoms with van der Waals surface area (Å²) in [5.74, 6) is -0.811. The highest BCUT2D eigenvalue weighted by Crippen LogP contribution is 2.24. The zero-order valence-corrected chi connectivity index (χ0v) is 15.8. The Morgan fingerprint density at radius 3 is 2.44 bits per heavy atom. The lowest BCUT2D eigenvalue weighted by Gasteiger charge is -2.31. The van der Waals surface area contributed by atoms with Crippen molar-refractivity contribution in [2.75, 3.05) is 13.1 Å². The monoisotopic (exact) mass is 391 g/mol. The Balaban J connectivity index is 1.58. The fourth-order valence-corrected chi connectivity index (χ4v) is 4.62. The van der Waals surface area contributed by atoms with Crippen LogP contribution in [0.5, 0.6) is 0 Å². The first-order chi connectivity index (χ1) is 12.9. The molecule has 0 saturated carbocycles. The third kappa shape index (κ3) is 4.51. The van der Waals surface area contributed by atoms with Gasteiger partial charge in [0.05, 0.1) is 16.6 Å². The minimum absolute atomic E-state index is 0.0653. The molecule has 0 bridgehead atoms. The Morgan fingerprint density at radius 1 is 1.19 bits per heavy atom. The number of nitrogens with one attached hydrogen (secondary N) is 1. The lowest BCUT2D eigenvalue weighted by Crippen LogP contribution is -2.43. The number of piperidine rings is 1. The highest BCUT2D eigenvalue weighted by atomic mass is 32.2. The van der Waals surface area contributed by atoms with Crippen molar-refractivity contribution in [2.24, 2.45) is 5.92 Å². The molecule has 2 aromatic rings. The summed E-state index contributed by atoms with van der Waals surface area (Å²) in [6.45, 7) is 2.39. The molecular weight excluding hydrogens is 369 g/mol. The van der Waals surface area contributed by atoms with Crippen LogP contribution in [0.2, 0.25) is 0 Å². The molecule has 0 spiro atoms. The van der Waals surface area contributed by atoms with E-state index in [1.807, 2.05) is 25.1 Å². The van der Waals surface area contributed by atoms with Crippen LogP contribution in [-0.4, -0.2) is 36.7 Å². The average molecular weight is 391 g/mol. The second-order valence-corrected chi connectivity index (χ2v) is 8.56. The van der Waals surface area contributed by atoms with Crippen LogP contribution in [0, 0.1) is 11.7 Å². The zero-order valence-electron chi connectivity index (χ0n) is 15.0. The largest absolute Gasteiger partial charge is 0.348 e. The Hall–Kier alpha value is -2.32. The van der Waals surface area contributed by atoms with Gasteiger partial charge < -0.3 is 5.32 Å². The molecule has 2 heterocycles. The number of carbonyl (C=O) groups excluding carboxylic acids is 1. The summed E-state index contributed by atoms with van der Waals surface area (Å²) >= 11 is 0. The molecule has 1 aromatic heterocycles. The van der Waals surface area contributed by atoms with E-state index in [0.29, 0.717) is 12.8 Å². The van der Waals surface area contributed by atoms with Crippen molar-refractivity contribution in [2.45, 2.75) is 30.7 Å². The first-order valence-electron chi connectivity index (χ1n) is 8.85. The third-order valence-corrected chi connectivity index (χ3v) is 6.68. The van der Waals surface area contributed by atoms with Gasteiger partial charge in [-0.2, -0.15) is 4.31 Å². The Kier molecular flexibility index (Phi) is 5.86. The Labute approximate surface area is 158 Å². The summed E-state index contributed by atoms with van der Waals surface area (Å²) in [5, 5.41) is 2.95. The summed E-state index contributed by atoms with van der Waals surface area (Å²) in [4.78, 5) is 16.8. The number of amides is 1. The smallest absolute Gasteiger partial charge is 0.243 e. The number of hydrogen-bond donors (Lipinski definition) is 1. The number of sulfonamides is 1. The van der Waals surface area contributed by atoms with Gasteiger partial charge in [-0.15, -0.1) is 0 Å². The molecule has 1 aliphatic heterocycles. The van der Waals surface area contributed by atoms with Gasteiger partial charge in [0.25, 0.3) is 0 Å². The topological polar surface area (TPSA) is 79.4 Å². The number of nitrogens with zero attached hydrogens (tertiary/aromatic N) is 2. The van der Waals surface area contributed by atoms with Crippen LogP contribution < -0.4 is 5.32 Å². The molecule has 8 heteroatoms. The number of aromatic nitrogens is 1. The lowest BCUT2D eigenvalue weighted by atomic mass is 9.97. The lowest BCUT2D eigenvalue weighted by molar-refractivity contribution is -0.126. The van der Waals surface area contributed by atoms with E-state index >= 15 is 0 Å². The minimum atomic E-state index is -3.67. The normalized spacial score (nSPS) is 17.4. The molecule has 1 atom stereocenters. The molecule has 6 nitrogen and oxygen atoms in total. The second kappa shape index (κ2) is 8.14. The van der Waals surface area contributed by atoms with Gasteiger partial charge in [-0.25, -0.2) is 12.8 Å². The van der Waals surface area contributed by atoms with Gasteiger partial charge in [0.2, 0.25) is 15.9 Å². The summed E-state index contributed by atoms with van der Waals surface area (Å²) in [5.41, 5.74) is 0.780. The van der Waals surface area contributed by atoms with Crippen LogP contribution >= 0.6 is 0 Å². The molecular formula is C19H22FN3O3S. The number of hydrogen-bond acceptors (Lipinski definition) is 4. The van der Waals surface area contributed by atoms with E-state index in [9.17, 15) is 17.6 Å². The van der Waals surface area contributed by atoms with Gasteiger partial charge in [-0.3, -0.25) is 9.78 Å². The van der Waals surface area contributed by atoms with Crippen LogP contribution in [-0.2, 0) is 14.8 Å². The van der Waals surface area contributed by atoms with Crippen molar-refractivity contribution in [3.05, 3.63) is 60.2 Å². The van der Waals surface area contributed by atoms with Gasteiger partial charge >= 0.3 is 0 Å². The zero-order chi connectivity index (χ0) is 19.4. The molecule has 1 amide bonds. The fraction of sp³-hybridized carbons (Fsp3) is 0.368. The van der Waals surface area contributed by atoms with Gasteiger partial charge in [0, 0.05) is 25.2 Å². The first kappa shape index (κ1) is 19.4. The molecule has 0 radical (unpaired) electrons. The Morgan fingerprint density at radius 2 is 1.85 bits per heavy atom. The second-order valence-electron chi connectivity index (χ2n) is 6.62. The maximum atomic E-state index is 13.0. The van der Waals surface area contributed by atoms with Gasteiger partial charge in [-0.05, 0) is 56.2 Å². The summed E-state index contributed by atoms with van der Waals surface area (Å²) in [6.07, 6.45) is 2.57. The molecule has 1 aliphatic rings. The first-order valence-corrected chi connectivity index (χ1v) is 10.3. The highest BCUT2D eigenvalue weighted by Gasteiger charge is 2.32. The van der Waals surface area contributed by atoms with Crippen LogP contribution in [0.4, 0.5) is 4.39 Å². The standard InChI is InChI=1S/C19H22FN3O3S/c1-14(18-4-2-3-11-21-18)22-19(24)15-9-12-23(13-10-15)27(25,26)17-7-5-16(20)6-8-17/h2-8,11,14-15H,9-10,12-13H2,1H3,(H,22,24). The number of pyridine rings is 1. The van der Waals surface area contributed by atoms with Gasteiger partial charge in [0.1, 0.15) is 5.82 Å². The number of carbonyl (C=O) groups is 1. The van der Waals surface area contributed by atoms with Crippen molar-refractivity contribution in [1.82, 2.24) is 14.6 Å². The summed E-state index contributed by atoms with van der Waals surface area (Å²) in [6, 6.07) is 10.1. The maximum absolute atomic E-state index is 13.0. The summed E-state index contributed by atoms with van der Waals surface area (Å²) < 4.78 is 39.6. The van der Waals surface area contributed by atoms with E-state index < -0.39 is 15.8 Å². The number of halogens is 1. The summed E-state index contributed by atoms with van der Waals surface area (Å²) in [7, 11) is -3.67. The highest BCUT2D eigenvalue weighted by molar-refractivity contribution is 7.89. The predicted molar refractivity (Wildman–Crippen MR) is 98.7 cm³/mol. The SMILES string of the molecule is CC(NC(=O)C1CCN(S(=O)(=O)c2ccc(F)cc2)CC1)c1ccccn1. The van der Waals surface area contributed by atoms with Crippen LogP contribution in [0.25, 0.3) is 0 Å². The van der Waals surface area contributed by atoms with E-state index in [0.717, 1.165) is 17.8 Å². The van der Waals surface area contributed by atoms with Crippen molar-refractivity contribution in [3.8, 4) is 0 Å². The molecule has 1 N–H and O–H groups in total. The Bertz CT molecular complexity index is 880. The molecule has 1 unspecified atom stereocenters. The predicted octanol–water partition coefficient (Wildman–Crippen LogP) is 2.50. The van der Waals surface area contributed by atoms with E-state index in [1.165, 1.54) is 16.4 Å². The van der Waals surface area contributed by atoms with Crippen molar-refractivity contribution < 1.29 is 17.6 Å². The van der Waals surface area contributed by atoms with Crippen molar-refractivity contribution in [1.29, 1.82) is 0 Å². The minimum Gasteiger partial charge on any atom is -0.348 e. The molecule has 1 saturated heterocycles.